The largest absolute Gasteiger partial charge is 0.497 e. The van der Waals surface area contributed by atoms with Gasteiger partial charge in [0.2, 0.25) is 11.8 Å². The van der Waals surface area contributed by atoms with Gasteiger partial charge in [-0.2, -0.15) is 0 Å². The summed E-state index contributed by atoms with van der Waals surface area (Å²) in [5, 5.41) is 2.81. The molecule has 1 aromatic rings. The van der Waals surface area contributed by atoms with Crippen molar-refractivity contribution in [1.29, 1.82) is 0 Å². The molecule has 0 aliphatic carbocycles. The van der Waals surface area contributed by atoms with Crippen LogP contribution in [0.2, 0.25) is 0 Å². The molecule has 2 rings (SSSR count). The third-order valence-corrected chi connectivity index (χ3v) is 6.76. The van der Waals surface area contributed by atoms with E-state index in [0.717, 1.165) is 11.3 Å². The SMILES string of the molecule is COc1cccc(CCNC(=O)C(C)(C)C(=O)N(C)C2CCS(=O)(=O)C2)c1. The van der Waals surface area contributed by atoms with Gasteiger partial charge in [0.25, 0.3) is 0 Å². The lowest BCUT2D eigenvalue weighted by Gasteiger charge is -2.31. The van der Waals surface area contributed by atoms with Crippen molar-refractivity contribution >= 4 is 21.7 Å². The van der Waals surface area contributed by atoms with Crippen LogP contribution in [-0.4, -0.2) is 63.4 Å². The van der Waals surface area contributed by atoms with Gasteiger partial charge in [-0.25, -0.2) is 8.42 Å². The van der Waals surface area contributed by atoms with Crippen molar-refractivity contribution in [2.75, 3.05) is 32.2 Å². The lowest BCUT2D eigenvalue weighted by molar-refractivity contribution is -0.148. The first kappa shape index (κ1) is 21.2. The zero-order valence-electron chi connectivity index (χ0n) is 16.3. The van der Waals surface area contributed by atoms with E-state index in [1.165, 1.54) is 4.90 Å². The number of methoxy groups -OCH3 is 1. The van der Waals surface area contributed by atoms with E-state index in [2.05, 4.69) is 5.32 Å². The molecule has 1 atom stereocenters. The predicted octanol–water partition coefficient (Wildman–Crippen LogP) is 1.03. The molecule has 2 amide bonds. The van der Waals surface area contributed by atoms with Gasteiger partial charge in [0.05, 0.1) is 18.6 Å². The molecule has 0 radical (unpaired) electrons. The molecule has 1 saturated heterocycles. The highest BCUT2D eigenvalue weighted by Gasteiger charge is 2.42. The summed E-state index contributed by atoms with van der Waals surface area (Å²) in [6.45, 7) is 3.52. The van der Waals surface area contributed by atoms with Gasteiger partial charge < -0.3 is 15.0 Å². The molecule has 27 heavy (non-hydrogen) atoms. The number of ether oxygens (including phenoxy) is 1. The van der Waals surface area contributed by atoms with Crippen molar-refractivity contribution in [1.82, 2.24) is 10.2 Å². The molecule has 150 valence electrons. The molecule has 0 bridgehead atoms. The number of hydrogen-bond donors (Lipinski definition) is 1. The van der Waals surface area contributed by atoms with Gasteiger partial charge in [-0.3, -0.25) is 9.59 Å². The normalized spacial score (nSPS) is 18.7. The molecule has 1 unspecified atom stereocenters. The van der Waals surface area contributed by atoms with Gasteiger partial charge in [-0.1, -0.05) is 12.1 Å². The Bertz CT molecular complexity index is 804. The van der Waals surface area contributed by atoms with Crippen molar-refractivity contribution in [3.8, 4) is 5.75 Å². The van der Waals surface area contributed by atoms with E-state index in [4.69, 9.17) is 4.74 Å². The minimum absolute atomic E-state index is 0.0389. The molecule has 7 nitrogen and oxygen atoms in total. The van der Waals surface area contributed by atoms with Crippen molar-refractivity contribution in [3.05, 3.63) is 29.8 Å². The Kier molecular flexibility index (Phi) is 6.51. The quantitative estimate of drug-likeness (QED) is 0.695. The van der Waals surface area contributed by atoms with Crippen LogP contribution in [0.3, 0.4) is 0 Å². The van der Waals surface area contributed by atoms with Gasteiger partial charge >= 0.3 is 0 Å². The molecule has 1 aromatic carbocycles. The molecular formula is C19H28N2O5S. The first-order valence-corrected chi connectivity index (χ1v) is 10.8. The Morgan fingerprint density at radius 2 is 2.04 bits per heavy atom. The summed E-state index contributed by atoms with van der Waals surface area (Å²) < 4.78 is 28.5. The fourth-order valence-electron chi connectivity index (χ4n) is 3.15. The number of nitrogens with one attached hydrogen (secondary N) is 1. The molecule has 0 spiro atoms. The Labute approximate surface area is 161 Å². The average molecular weight is 397 g/mol. The van der Waals surface area contributed by atoms with Crippen LogP contribution in [0.25, 0.3) is 0 Å². The molecule has 1 aliphatic heterocycles. The number of rotatable bonds is 7. The number of carbonyl (C=O) groups is 2. The third-order valence-electron chi connectivity index (χ3n) is 5.01. The number of benzene rings is 1. The van der Waals surface area contributed by atoms with Crippen LogP contribution < -0.4 is 10.1 Å². The average Bonchev–Trinajstić information content (AvgIpc) is 3.00. The second-order valence-electron chi connectivity index (χ2n) is 7.46. The second kappa shape index (κ2) is 8.29. The minimum Gasteiger partial charge on any atom is -0.497 e. The van der Waals surface area contributed by atoms with Crippen LogP contribution in [0, 0.1) is 5.41 Å². The van der Waals surface area contributed by atoms with Crippen LogP contribution in [0.5, 0.6) is 5.75 Å². The number of amides is 2. The van der Waals surface area contributed by atoms with Gasteiger partial charge in [0.1, 0.15) is 11.2 Å². The fourth-order valence-corrected chi connectivity index (χ4v) is 4.93. The van der Waals surface area contributed by atoms with Gasteiger partial charge in [-0.05, 0) is 44.4 Å². The molecule has 0 aromatic heterocycles. The summed E-state index contributed by atoms with van der Waals surface area (Å²) >= 11 is 0. The second-order valence-corrected chi connectivity index (χ2v) is 9.68. The predicted molar refractivity (Wildman–Crippen MR) is 103 cm³/mol. The van der Waals surface area contributed by atoms with Crippen LogP contribution in [0.1, 0.15) is 25.8 Å². The first-order chi connectivity index (χ1) is 12.6. The number of hydrogen-bond acceptors (Lipinski definition) is 5. The number of nitrogens with zero attached hydrogens (tertiary/aromatic N) is 1. The molecule has 1 N–H and O–H groups in total. The lowest BCUT2D eigenvalue weighted by atomic mass is 9.89. The maximum Gasteiger partial charge on any atom is 0.237 e. The molecule has 1 aliphatic rings. The summed E-state index contributed by atoms with van der Waals surface area (Å²) in [6.07, 6.45) is 1.03. The summed E-state index contributed by atoms with van der Waals surface area (Å²) in [4.78, 5) is 26.7. The standard InChI is InChI=1S/C19H28N2O5S/c1-19(2,18(23)21(3)15-9-11-27(24,25)13-15)17(22)20-10-8-14-6-5-7-16(12-14)26-4/h5-7,12,15H,8-11,13H2,1-4H3,(H,20,22). The zero-order chi connectivity index (χ0) is 20.2. The summed E-state index contributed by atoms with van der Waals surface area (Å²) in [7, 11) is 0.0719. The van der Waals surface area contributed by atoms with E-state index < -0.39 is 15.3 Å². The molecule has 8 heteroatoms. The van der Waals surface area contributed by atoms with Crippen molar-refractivity contribution in [2.45, 2.75) is 32.7 Å². The highest BCUT2D eigenvalue weighted by molar-refractivity contribution is 7.91. The van der Waals surface area contributed by atoms with Gasteiger partial charge in [0.15, 0.2) is 9.84 Å². The van der Waals surface area contributed by atoms with Crippen LogP contribution in [-0.2, 0) is 25.8 Å². The van der Waals surface area contributed by atoms with Crippen molar-refractivity contribution < 1.29 is 22.7 Å². The van der Waals surface area contributed by atoms with Gasteiger partial charge in [-0.15, -0.1) is 0 Å². The van der Waals surface area contributed by atoms with E-state index in [9.17, 15) is 18.0 Å². The van der Waals surface area contributed by atoms with E-state index >= 15 is 0 Å². The van der Waals surface area contributed by atoms with Crippen LogP contribution in [0.15, 0.2) is 24.3 Å². The smallest absolute Gasteiger partial charge is 0.237 e. The number of carbonyl (C=O) groups excluding carboxylic acids is 2. The Morgan fingerprint density at radius 3 is 2.63 bits per heavy atom. The highest BCUT2D eigenvalue weighted by atomic mass is 32.2. The van der Waals surface area contributed by atoms with E-state index in [1.807, 2.05) is 24.3 Å². The highest BCUT2D eigenvalue weighted by Crippen LogP contribution is 2.24. The summed E-state index contributed by atoms with van der Waals surface area (Å²) in [6, 6.07) is 7.21. The minimum atomic E-state index is -3.10. The van der Waals surface area contributed by atoms with Crippen molar-refractivity contribution in [3.63, 3.8) is 0 Å². The maximum atomic E-state index is 12.8. The third kappa shape index (κ3) is 5.22. The maximum absolute atomic E-state index is 12.8. The van der Waals surface area contributed by atoms with E-state index in [1.54, 1.807) is 28.0 Å². The van der Waals surface area contributed by atoms with Crippen molar-refractivity contribution in [2.24, 2.45) is 5.41 Å². The summed E-state index contributed by atoms with van der Waals surface area (Å²) in [5.74, 6) is 0.0552. The topological polar surface area (TPSA) is 92.8 Å². The molecule has 1 heterocycles. The van der Waals surface area contributed by atoms with Crippen LogP contribution in [0.4, 0.5) is 0 Å². The Morgan fingerprint density at radius 1 is 1.33 bits per heavy atom. The Balaban J connectivity index is 1.92. The van der Waals surface area contributed by atoms with Crippen LogP contribution >= 0.6 is 0 Å². The fraction of sp³-hybridized carbons (Fsp3) is 0.579. The number of sulfone groups is 1. The molecule has 0 saturated carbocycles. The van der Waals surface area contributed by atoms with Gasteiger partial charge in [0, 0.05) is 19.6 Å². The Hall–Kier alpha value is -2.09. The summed E-state index contributed by atoms with van der Waals surface area (Å²) in [5.41, 5.74) is -0.248. The van der Waals surface area contributed by atoms with E-state index in [0.29, 0.717) is 19.4 Å². The molecular weight excluding hydrogens is 368 g/mol. The monoisotopic (exact) mass is 396 g/mol. The molecule has 1 fully saturated rings. The van der Waals surface area contributed by atoms with E-state index in [-0.39, 0.29) is 29.4 Å². The zero-order valence-corrected chi connectivity index (χ0v) is 17.1. The lowest BCUT2D eigenvalue weighted by Crippen LogP contribution is -2.51. The first-order valence-electron chi connectivity index (χ1n) is 8.96.